The van der Waals surface area contributed by atoms with Crippen molar-refractivity contribution in [2.75, 3.05) is 0 Å². The zero-order valence-corrected chi connectivity index (χ0v) is 8.51. The lowest BCUT2D eigenvalue weighted by atomic mass is 9.77. The third-order valence-corrected chi connectivity index (χ3v) is 3.12. The number of aryl methyl sites for hydroxylation is 1. The van der Waals surface area contributed by atoms with Crippen molar-refractivity contribution in [2.45, 2.75) is 39.0 Å². The van der Waals surface area contributed by atoms with Gasteiger partial charge in [0.15, 0.2) is 0 Å². The largest absolute Gasteiger partial charge is 0.0626 e. The Morgan fingerprint density at radius 2 is 2.31 bits per heavy atom. The minimum Gasteiger partial charge on any atom is -0.0622 e. The molecule has 1 aliphatic rings. The quantitative estimate of drug-likeness (QED) is 0.611. The molecule has 1 atom stereocenters. The van der Waals surface area contributed by atoms with Crippen LogP contribution in [0.4, 0.5) is 0 Å². The molecule has 1 aliphatic carbocycles. The molecule has 2 rings (SSSR count). The van der Waals surface area contributed by atoms with Crippen LogP contribution in [0.25, 0.3) is 0 Å². The number of fused-ring (bicyclic) bond motifs is 1. The smallest absolute Gasteiger partial charge is 0.0622 e. The van der Waals surface area contributed by atoms with Crippen LogP contribution in [0, 0.1) is 5.92 Å². The molecule has 0 N–H and O–H groups in total. The molecule has 1 aromatic carbocycles. The summed E-state index contributed by atoms with van der Waals surface area (Å²) in [7, 11) is 0. The molecule has 0 fully saturated rings. The Labute approximate surface area is 82.4 Å². The Kier molecular flexibility index (Phi) is 2.07. The third kappa shape index (κ3) is 1.63. The maximum absolute atomic E-state index is 7.97. The molecular weight excluding hydrogens is 156 g/mol. The second kappa shape index (κ2) is 3.53. The van der Waals surface area contributed by atoms with Crippen LogP contribution < -0.4 is 0 Å². The van der Waals surface area contributed by atoms with Gasteiger partial charge in [-0.1, -0.05) is 38.1 Å². The van der Waals surface area contributed by atoms with Gasteiger partial charge in [0.1, 0.15) is 0 Å². The van der Waals surface area contributed by atoms with Crippen molar-refractivity contribution in [2.24, 2.45) is 5.92 Å². The highest BCUT2D eigenvalue weighted by Gasteiger charge is 2.21. The van der Waals surface area contributed by atoms with Crippen LogP contribution in [0.5, 0.6) is 0 Å². The SMILES string of the molecule is [3H]c1cccc2c1C(C(C)C)CCC2. The first-order valence-corrected chi connectivity index (χ1v) is 5.28. The summed E-state index contributed by atoms with van der Waals surface area (Å²) >= 11 is 0. The molecule has 70 valence electrons. The Bertz CT molecular complexity index is 328. The van der Waals surface area contributed by atoms with Crippen molar-refractivity contribution in [3.63, 3.8) is 0 Å². The molecule has 1 aromatic rings. The van der Waals surface area contributed by atoms with Crippen molar-refractivity contribution in [1.82, 2.24) is 0 Å². The van der Waals surface area contributed by atoms with Gasteiger partial charge in [0.05, 0.1) is 1.37 Å². The minimum atomic E-state index is 0.618. The molecule has 13 heavy (non-hydrogen) atoms. The van der Waals surface area contributed by atoms with Gasteiger partial charge in [0.2, 0.25) is 0 Å². The van der Waals surface area contributed by atoms with E-state index in [0.29, 0.717) is 11.8 Å². The van der Waals surface area contributed by atoms with Crippen LogP contribution >= 0.6 is 0 Å². The van der Waals surface area contributed by atoms with E-state index in [1.807, 2.05) is 12.1 Å². The summed E-state index contributed by atoms with van der Waals surface area (Å²) in [6.45, 7) is 4.54. The van der Waals surface area contributed by atoms with Crippen molar-refractivity contribution in [3.05, 3.63) is 35.4 Å². The van der Waals surface area contributed by atoms with E-state index in [4.69, 9.17) is 1.37 Å². The van der Waals surface area contributed by atoms with Gasteiger partial charge in [-0.15, -0.1) is 0 Å². The maximum Gasteiger partial charge on any atom is 0.0626 e. The first-order valence-electron chi connectivity index (χ1n) is 5.78. The Balaban J connectivity index is 2.47. The first kappa shape index (κ1) is 7.61. The van der Waals surface area contributed by atoms with Crippen molar-refractivity contribution in [3.8, 4) is 0 Å². The molecule has 0 nitrogen and oxygen atoms in total. The summed E-state index contributed by atoms with van der Waals surface area (Å²) in [4.78, 5) is 0. The number of benzene rings is 1. The molecule has 0 saturated heterocycles. The summed E-state index contributed by atoms with van der Waals surface area (Å²) in [5, 5.41) is 0. The second-order valence-corrected chi connectivity index (χ2v) is 4.35. The van der Waals surface area contributed by atoms with Crippen molar-refractivity contribution in [1.29, 1.82) is 0 Å². The van der Waals surface area contributed by atoms with Crippen molar-refractivity contribution < 1.29 is 1.37 Å². The molecule has 0 spiro atoms. The van der Waals surface area contributed by atoms with Crippen LogP contribution in [0.2, 0.25) is 0 Å². The van der Waals surface area contributed by atoms with Gasteiger partial charge in [0, 0.05) is 0 Å². The average molecular weight is 176 g/mol. The van der Waals surface area contributed by atoms with Crippen LogP contribution in [0.15, 0.2) is 24.2 Å². The topological polar surface area (TPSA) is 0 Å². The summed E-state index contributed by atoms with van der Waals surface area (Å²) in [6.07, 6.45) is 3.73. The molecule has 0 heterocycles. The van der Waals surface area contributed by atoms with E-state index in [1.54, 1.807) is 0 Å². The van der Waals surface area contributed by atoms with E-state index in [-0.39, 0.29) is 0 Å². The normalized spacial score (nSPS) is 22.7. The van der Waals surface area contributed by atoms with Gasteiger partial charge in [0.25, 0.3) is 0 Å². The zero-order chi connectivity index (χ0) is 10.1. The van der Waals surface area contributed by atoms with Crippen LogP contribution in [-0.2, 0) is 6.42 Å². The summed E-state index contributed by atoms with van der Waals surface area (Å²) < 4.78 is 7.97. The molecule has 0 saturated carbocycles. The lowest BCUT2D eigenvalue weighted by Gasteiger charge is -2.28. The van der Waals surface area contributed by atoms with Crippen LogP contribution in [0.3, 0.4) is 0 Å². The average Bonchev–Trinajstić information content (AvgIpc) is 2.17. The molecule has 0 aromatic heterocycles. The molecule has 1 unspecified atom stereocenters. The van der Waals surface area contributed by atoms with Gasteiger partial charge < -0.3 is 0 Å². The highest BCUT2D eigenvalue weighted by molar-refractivity contribution is 5.32. The van der Waals surface area contributed by atoms with E-state index < -0.39 is 0 Å². The van der Waals surface area contributed by atoms with Gasteiger partial charge in [-0.2, -0.15) is 0 Å². The highest BCUT2D eigenvalue weighted by atomic mass is 14.3. The number of hydrogen-bond acceptors (Lipinski definition) is 0. The second-order valence-electron chi connectivity index (χ2n) is 4.35. The molecular formula is C13H18. The monoisotopic (exact) mass is 176 g/mol. The van der Waals surface area contributed by atoms with E-state index in [9.17, 15) is 0 Å². The lowest BCUT2D eigenvalue weighted by molar-refractivity contribution is 0.433. The fourth-order valence-corrected chi connectivity index (χ4v) is 2.37. The van der Waals surface area contributed by atoms with Gasteiger partial charge in [-0.25, -0.2) is 0 Å². The maximum atomic E-state index is 7.97. The predicted octanol–water partition coefficient (Wildman–Crippen LogP) is 3.76. The highest BCUT2D eigenvalue weighted by Crippen LogP contribution is 2.36. The Hall–Kier alpha value is -0.780. The number of hydrogen-bond donors (Lipinski definition) is 0. The molecule has 0 aliphatic heterocycles. The van der Waals surface area contributed by atoms with E-state index in [2.05, 4.69) is 19.9 Å². The summed E-state index contributed by atoms with van der Waals surface area (Å²) in [5.74, 6) is 1.29. The molecule has 0 heteroatoms. The zero-order valence-electron chi connectivity index (χ0n) is 9.51. The van der Waals surface area contributed by atoms with Gasteiger partial charge in [-0.05, 0) is 42.2 Å². The third-order valence-electron chi connectivity index (χ3n) is 3.12. The minimum absolute atomic E-state index is 0.618. The van der Waals surface area contributed by atoms with Crippen molar-refractivity contribution >= 4 is 0 Å². The van der Waals surface area contributed by atoms with Gasteiger partial charge >= 0.3 is 0 Å². The lowest BCUT2D eigenvalue weighted by Crippen LogP contribution is -2.14. The number of rotatable bonds is 1. The molecule has 0 amide bonds. The molecule has 0 bridgehead atoms. The molecule has 0 radical (unpaired) electrons. The van der Waals surface area contributed by atoms with Crippen LogP contribution in [0.1, 0.15) is 45.1 Å². The fourth-order valence-electron chi connectivity index (χ4n) is 2.37. The first-order chi connectivity index (χ1) is 6.70. The predicted molar refractivity (Wildman–Crippen MR) is 57.0 cm³/mol. The van der Waals surface area contributed by atoms with Gasteiger partial charge in [-0.3, -0.25) is 0 Å². The van der Waals surface area contributed by atoms with Crippen LogP contribution in [-0.4, -0.2) is 0 Å². The van der Waals surface area contributed by atoms with E-state index in [1.165, 1.54) is 30.4 Å². The fraction of sp³-hybridized carbons (Fsp3) is 0.538. The van der Waals surface area contributed by atoms with E-state index >= 15 is 0 Å². The summed E-state index contributed by atoms with van der Waals surface area (Å²) in [6, 6.07) is 6.90. The summed E-state index contributed by atoms with van der Waals surface area (Å²) in [5.41, 5.74) is 2.75. The Morgan fingerprint density at radius 3 is 3.08 bits per heavy atom. The standard InChI is InChI=1S/C13H18/c1-10(2)12-9-5-7-11-6-3-4-8-13(11)12/h3-4,6,8,10,12H,5,7,9H2,1-2H3/i8T. The van der Waals surface area contributed by atoms with E-state index in [0.717, 1.165) is 6.04 Å². The Morgan fingerprint density at radius 1 is 1.46 bits per heavy atom.